The molecule has 2 N–H and O–H groups in total. The molecule has 0 rings (SSSR count). The molecule has 0 radical (unpaired) electrons. The Morgan fingerprint density at radius 3 is 2.36 bits per heavy atom. The van der Waals surface area contributed by atoms with Gasteiger partial charge in [-0.2, -0.15) is 5.06 Å². The van der Waals surface area contributed by atoms with Crippen molar-refractivity contribution < 1.29 is 5.21 Å². The minimum absolute atomic E-state index is 0.791. The molecule has 0 aromatic heterocycles. The first-order valence-electron chi connectivity index (χ1n) is 4.32. The number of unbranched alkanes of at least 4 members (excludes halogenated alkanes) is 3. The number of rotatable bonds is 7. The predicted molar refractivity (Wildman–Crippen MR) is 46.8 cm³/mol. The SMILES string of the molecule is CNCCCCCCN(C)O. The van der Waals surface area contributed by atoms with Gasteiger partial charge in [-0.1, -0.05) is 12.8 Å². The van der Waals surface area contributed by atoms with Crippen LogP contribution in [0.4, 0.5) is 0 Å². The molecule has 11 heavy (non-hydrogen) atoms. The quantitative estimate of drug-likeness (QED) is 0.432. The number of hydrogen-bond acceptors (Lipinski definition) is 3. The lowest BCUT2D eigenvalue weighted by molar-refractivity contribution is -0.0655. The van der Waals surface area contributed by atoms with E-state index in [2.05, 4.69) is 5.32 Å². The van der Waals surface area contributed by atoms with Crippen molar-refractivity contribution in [1.82, 2.24) is 10.4 Å². The van der Waals surface area contributed by atoms with Gasteiger partial charge in [-0.15, -0.1) is 0 Å². The zero-order valence-corrected chi connectivity index (χ0v) is 7.64. The average molecular weight is 160 g/mol. The normalized spacial score (nSPS) is 10.9. The maximum absolute atomic E-state index is 8.78. The lowest BCUT2D eigenvalue weighted by atomic mass is 10.2. The van der Waals surface area contributed by atoms with Crippen molar-refractivity contribution >= 4 is 0 Å². The highest BCUT2D eigenvalue weighted by molar-refractivity contribution is 4.46. The Balaban J connectivity index is 2.80. The molecule has 0 fully saturated rings. The van der Waals surface area contributed by atoms with Gasteiger partial charge in [0.25, 0.3) is 0 Å². The molecule has 0 bridgehead atoms. The second kappa shape index (κ2) is 7.98. The first kappa shape index (κ1) is 10.9. The Kier molecular flexibility index (Phi) is 7.89. The van der Waals surface area contributed by atoms with Crippen LogP contribution < -0.4 is 5.32 Å². The molecule has 0 spiro atoms. The van der Waals surface area contributed by atoms with Crippen molar-refractivity contribution in [3.8, 4) is 0 Å². The van der Waals surface area contributed by atoms with Crippen LogP contribution in [0.3, 0.4) is 0 Å². The fourth-order valence-electron chi connectivity index (χ4n) is 0.996. The van der Waals surface area contributed by atoms with Crippen LogP contribution in [0.2, 0.25) is 0 Å². The third-order valence-electron chi connectivity index (χ3n) is 1.66. The van der Waals surface area contributed by atoms with Gasteiger partial charge in [-0.05, 0) is 26.4 Å². The molecule has 0 aliphatic heterocycles. The molecule has 0 saturated carbocycles. The van der Waals surface area contributed by atoms with E-state index in [1.807, 2.05) is 7.05 Å². The van der Waals surface area contributed by atoms with Crippen LogP contribution in [0.25, 0.3) is 0 Å². The first-order valence-corrected chi connectivity index (χ1v) is 4.32. The Morgan fingerprint density at radius 2 is 1.82 bits per heavy atom. The van der Waals surface area contributed by atoms with E-state index in [1.165, 1.54) is 24.3 Å². The third-order valence-corrected chi connectivity index (χ3v) is 1.66. The molecule has 3 nitrogen and oxygen atoms in total. The van der Waals surface area contributed by atoms with Crippen molar-refractivity contribution in [2.24, 2.45) is 0 Å². The largest absolute Gasteiger partial charge is 0.320 e. The van der Waals surface area contributed by atoms with E-state index in [-0.39, 0.29) is 0 Å². The lowest BCUT2D eigenvalue weighted by Gasteiger charge is -2.06. The summed E-state index contributed by atoms with van der Waals surface area (Å²) >= 11 is 0. The zero-order valence-electron chi connectivity index (χ0n) is 7.64. The standard InChI is InChI=1S/C8H20N2O/c1-9-7-5-3-4-6-8-10(2)11/h9,11H,3-8H2,1-2H3. The molecule has 0 saturated heterocycles. The smallest absolute Gasteiger partial charge is 0.0235 e. The Hall–Kier alpha value is -0.120. The second-order valence-electron chi connectivity index (χ2n) is 2.90. The molecule has 0 atom stereocenters. The molecule has 0 aromatic rings. The third kappa shape index (κ3) is 9.88. The minimum atomic E-state index is 0.791. The van der Waals surface area contributed by atoms with Crippen LogP contribution in [0.15, 0.2) is 0 Å². The van der Waals surface area contributed by atoms with Crippen LogP contribution in [0, 0.1) is 0 Å². The van der Waals surface area contributed by atoms with E-state index in [1.54, 1.807) is 7.05 Å². The first-order chi connectivity index (χ1) is 5.27. The molecule has 0 amide bonds. The van der Waals surface area contributed by atoms with Gasteiger partial charge < -0.3 is 10.5 Å². The molecule has 0 aliphatic carbocycles. The van der Waals surface area contributed by atoms with Gasteiger partial charge in [0.1, 0.15) is 0 Å². The van der Waals surface area contributed by atoms with Gasteiger partial charge in [0.05, 0.1) is 0 Å². The van der Waals surface area contributed by atoms with Crippen LogP contribution >= 0.6 is 0 Å². The molecule has 0 heterocycles. The summed E-state index contributed by atoms with van der Waals surface area (Å²) in [4.78, 5) is 0. The highest BCUT2D eigenvalue weighted by Crippen LogP contribution is 1.98. The summed E-state index contributed by atoms with van der Waals surface area (Å²) in [6.07, 6.45) is 4.81. The number of nitrogens with zero attached hydrogens (tertiary/aromatic N) is 1. The van der Waals surface area contributed by atoms with Crippen molar-refractivity contribution in [2.75, 3.05) is 27.2 Å². The Morgan fingerprint density at radius 1 is 1.18 bits per heavy atom. The number of hydroxylamine groups is 2. The molecular formula is C8H20N2O. The van der Waals surface area contributed by atoms with Gasteiger partial charge >= 0.3 is 0 Å². The topological polar surface area (TPSA) is 35.5 Å². The molecular weight excluding hydrogens is 140 g/mol. The summed E-state index contributed by atoms with van der Waals surface area (Å²) in [6, 6.07) is 0. The monoisotopic (exact) mass is 160 g/mol. The van der Waals surface area contributed by atoms with Crippen molar-refractivity contribution in [1.29, 1.82) is 0 Å². The van der Waals surface area contributed by atoms with Crippen LogP contribution in [0.5, 0.6) is 0 Å². The van der Waals surface area contributed by atoms with Gasteiger partial charge in [-0.25, -0.2) is 0 Å². The summed E-state index contributed by atoms with van der Waals surface area (Å²) in [5.41, 5.74) is 0. The average Bonchev–Trinajstić information content (AvgIpc) is 1.96. The zero-order chi connectivity index (χ0) is 8.53. The maximum atomic E-state index is 8.78. The minimum Gasteiger partial charge on any atom is -0.320 e. The van der Waals surface area contributed by atoms with Gasteiger partial charge in [0.2, 0.25) is 0 Å². The lowest BCUT2D eigenvalue weighted by Crippen LogP contribution is -2.13. The summed E-state index contributed by atoms with van der Waals surface area (Å²) in [7, 11) is 3.66. The Labute approximate surface area is 69.4 Å². The predicted octanol–water partition coefficient (Wildman–Crippen LogP) is 1.09. The summed E-state index contributed by atoms with van der Waals surface area (Å²) in [5.74, 6) is 0. The fourth-order valence-corrected chi connectivity index (χ4v) is 0.996. The van der Waals surface area contributed by atoms with Gasteiger partial charge in [-0.3, -0.25) is 0 Å². The highest BCUT2D eigenvalue weighted by atomic mass is 16.5. The van der Waals surface area contributed by atoms with E-state index < -0.39 is 0 Å². The molecule has 3 heteroatoms. The van der Waals surface area contributed by atoms with E-state index in [0.717, 1.165) is 19.5 Å². The van der Waals surface area contributed by atoms with Crippen molar-refractivity contribution in [3.05, 3.63) is 0 Å². The van der Waals surface area contributed by atoms with Gasteiger partial charge in [0.15, 0.2) is 0 Å². The summed E-state index contributed by atoms with van der Waals surface area (Å²) < 4.78 is 0. The van der Waals surface area contributed by atoms with Crippen LogP contribution in [-0.4, -0.2) is 37.5 Å². The number of hydrogen-bond donors (Lipinski definition) is 2. The van der Waals surface area contributed by atoms with E-state index in [9.17, 15) is 0 Å². The molecule has 0 aliphatic rings. The van der Waals surface area contributed by atoms with E-state index >= 15 is 0 Å². The molecule has 0 unspecified atom stereocenters. The van der Waals surface area contributed by atoms with Crippen LogP contribution in [0.1, 0.15) is 25.7 Å². The number of nitrogens with one attached hydrogen (secondary N) is 1. The van der Waals surface area contributed by atoms with E-state index in [0.29, 0.717) is 0 Å². The van der Waals surface area contributed by atoms with Crippen LogP contribution in [-0.2, 0) is 0 Å². The second-order valence-corrected chi connectivity index (χ2v) is 2.90. The summed E-state index contributed by atoms with van der Waals surface area (Å²) in [5, 5.41) is 13.1. The van der Waals surface area contributed by atoms with Crippen molar-refractivity contribution in [2.45, 2.75) is 25.7 Å². The van der Waals surface area contributed by atoms with Gasteiger partial charge in [0, 0.05) is 13.6 Å². The van der Waals surface area contributed by atoms with Crippen molar-refractivity contribution in [3.63, 3.8) is 0 Å². The highest BCUT2D eigenvalue weighted by Gasteiger charge is 1.91. The Bertz CT molecular complexity index is 76.5. The maximum Gasteiger partial charge on any atom is 0.0235 e. The fraction of sp³-hybridized carbons (Fsp3) is 1.00. The molecule has 68 valence electrons. The summed E-state index contributed by atoms with van der Waals surface area (Å²) in [6.45, 7) is 1.90. The van der Waals surface area contributed by atoms with E-state index in [4.69, 9.17) is 5.21 Å². The molecule has 0 aromatic carbocycles.